The van der Waals surface area contributed by atoms with Crippen LogP contribution in [0.4, 0.5) is 0 Å². The molecule has 2 unspecified atom stereocenters. The van der Waals surface area contributed by atoms with Gasteiger partial charge in [0.1, 0.15) is 0 Å². The summed E-state index contributed by atoms with van der Waals surface area (Å²) in [5.41, 5.74) is 0. The van der Waals surface area contributed by atoms with Crippen molar-refractivity contribution in [3.05, 3.63) is 0 Å². The predicted molar refractivity (Wildman–Crippen MR) is 80.3 cm³/mol. The van der Waals surface area contributed by atoms with E-state index in [9.17, 15) is 0 Å². The second-order valence-corrected chi connectivity index (χ2v) is 9.87. The zero-order valence-corrected chi connectivity index (χ0v) is 14.5. The van der Waals surface area contributed by atoms with E-state index in [1.54, 1.807) is 0 Å². The van der Waals surface area contributed by atoms with Gasteiger partial charge in [-0.05, 0) is 0 Å². The molecule has 5 heteroatoms. The third-order valence-corrected chi connectivity index (χ3v) is 9.02. The summed E-state index contributed by atoms with van der Waals surface area (Å²) >= 11 is 0.756. The van der Waals surface area contributed by atoms with Crippen molar-refractivity contribution in [3.63, 3.8) is 0 Å². The van der Waals surface area contributed by atoms with Crippen LogP contribution in [0.1, 0.15) is 27.7 Å². The fraction of sp³-hybridized carbons (Fsp3) is 1.00. The van der Waals surface area contributed by atoms with Gasteiger partial charge in [0.05, 0.1) is 0 Å². The van der Waals surface area contributed by atoms with E-state index in [-0.39, 0.29) is 0 Å². The summed E-state index contributed by atoms with van der Waals surface area (Å²) in [6.07, 6.45) is 0.716. The van der Waals surface area contributed by atoms with Gasteiger partial charge >= 0.3 is 120 Å². The minimum absolute atomic E-state index is 0.358. The molecule has 0 spiro atoms. The maximum atomic E-state index is 5.71. The predicted octanol–water partition coefficient (Wildman–Crippen LogP) is 3.51. The average molecular weight is 343 g/mol. The summed E-state index contributed by atoms with van der Waals surface area (Å²) in [6, 6.07) is 0. The molecule has 1 saturated heterocycles. The molecule has 1 heterocycles. The van der Waals surface area contributed by atoms with E-state index < -0.39 is 0 Å². The molecule has 0 aromatic heterocycles. The van der Waals surface area contributed by atoms with Gasteiger partial charge in [0, 0.05) is 0 Å². The van der Waals surface area contributed by atoms with Gasteiger partial charge in [0.25, 0.3) is 0 Å². The van der Waals surface area contributed by atoms with Crippen LogP contribution in [0, 0.1) is 0 Å². The molecule has 0 bridgehead atoms. The number of rotatable bonds is 6. The first-order chi connectivity index (χ1) is 8.08. The van der Waals surface area contributed by atoms with Crippen LogP contribution in [0.3, 0.4) is 0 Å². The monoisotopic (exact) mass is 344 g/mol. The standard InChI is InChI=1S/C12H24O2S2Se/c1-9(2)13-5-11-7-17-8-12(16-15-11)6-14-10(3)4/h9-12H,5-8H2,1-4H3. The Hall–Kier alpha value is 1.14. The fourth-order valence-electron chi connectivity index (χ4n) is 1.29. The molecular weight excluding hydrogens is 319 g/mol. The molecule has 17 heavy (non-hydrogen) atoms. The maximum absolute atomic E-state index is 5.71. The van der Waals surface area contributed by atoms with Crippen LogP contribution in [0.5, 0.6) is 0 Å². The molecule has 1 rings (SSSR count). The molecule has 1 fully saturated rings. The molecule has 2 nitrogen and oxygen atoms in total. The van der Waals surface area contributed by atoms with Gasteiger partial charge in [-0.1, -0.05) is 0 Å². The van der Waals surface area contributed by atoms with Crippen molar-refractivity contribution in [2.45, 2.75) is 61.0 Å². The van der Waals surface area contributed by atoms with E-state index in [0.717, 1.165) is 28.2 Å². The van der Waals surface area contributed by atoms with Crippen molar-refractivity contribution in [1.82, 2.24) is 0 Å². The van der Waals surface area contributed by atoms with Crippen LogP contribution in [-0.4, -0.2) is 50.9 Å². The molecule has 0 aromatic carbocycles. The van der Waals surface area contributed by atoms with Crippen LogP contribution < -0.4 is 0 Å². The Labute approximate surface area is 120 Å². The molecule has 0 N–H and O–H groups in total. The molecule has 0 aliphatic carbocycles. The molecular formula is C12H24O2S2Se. The Balaban J connectivity index is 2.19. The van der Waals surface area contributed by atoms with Crippen LogP contribution >= 0.6 is 21.6 Å². The summed E-state index contributed by atoms with van der Waals surface area (Å²) in [6.45, 7) is 10.3. The summed E-state index contributed by atoms with van der Waals surface area (Å²) in [4.78, 5) is 0. The van der Waals surface area contributed by atoms with E-state index in [4.69, 9.17) is 9.47 Å². The zero-order valence-electron chi connectivity index (χ0n) is 11.2. The van der Waals surface area contributed by atoms with Crippen molar-refractivity contribution in [2.75, 3.05) is 13.2 Å². The Morgan fingerprint density at radius 1 is 0.941 bits per heavy atom. The second kappa shape index (κ2) is 9.11. The summed E-state index contributed by atoms with van der Waals surface area (Å²) in [7, 11) is 4.03. The van der Waals surface area contributed by atoms with Crippen molar-refractivity contribution < 1.29 is 9.47 Å². The third kappa shape index (κ3) is 8.01. The Morgan fingerprint density at radius 2 is 1.35 bits per heavy atom. The molecule has 2 atom stereocenters. The van der Waals surface area contributed by atoms with Gasteiger partial charge in [-0.3, -0.25) is 0 Å². The van der Waals surface area contributed by atoms with Crippen LogP contribution in [0.15, 0.2) is 0 Å². The van der Waals surface area contributed by atoms with Crippen molar-refractivity contribution in [2.24, 2.45) is 0 Å². The first-order valence-corrected chi connectivity index (χ1v) is 10.9. The topological polar surface area (TPSA) is 18.5 Å². The van der Waals surface area contributed by atoms with E-state index in [1.807, 2.05) is 21.6 Å². The SMILES string of the molecule is CC(C)OCC1C[Se]CC(COC(C)C)SS1. The van der Waals surface area contributed by atoms with Crippen LogP contribution in [-0.2, 0) is 9.47 Å². The summed E-state index contributed by atoms with van der Waals surface area (Å²) in [5, 5.41) is 4.06. The molecule has 0 aromatic rings. The summed E-state index contributed by atoms with van der Waals surface area (Å²) < 4.78 is 11.4. The van der Waals surface area contributed by atoms with E-state index in [2.05, 4.69) is 27.7 Å². The minimum atomic E-state index is 0.358. The van der Waals surface area contributed by atoms with Crippen molar-refractivity contribution in [3.8, 4) is 0 Å². The molecule has 1 aliphatic heterocycles. The van der Waals surface area contributed by atoms with Crippen molar-refractivity contribution in [1.29, 1.82) is 0 Å². The molecule has 1 aliphatic rings. The molecule has 102 valence electrons. The Bertz CT molecular complexity index is 183. The van der Waals surface area contributed by atoms with Crippen LogP contribution in [0.2, 0.25) is 10.6 Å². The van der Waals surface area contributed by atoms with Gasteiger partial charge in [0.2, 0.25) is 0 Å². The molecule has 0 saturated carbocycles. The first kappa shape index (κ1) is 16.2. The molecule has 0 radical (unpaired) electrons. The first-order valence-electron chi connectivity index (χ1n) is 6.21. The molecule has 0 amide bonds. The zero-order chi connectivity index (χ0) is 12.7. The van der Waals surface area contributed by atoms with Gasteiger partial charge in [-0.15, -0.1) is 0 Å². The van der Waals surface area contributed by atoms with Gasteiger partial charge in [0.15, 0.2) is 0 Å². The van der Waals surface area contributed by atoms with Gasteiger partial charge < -0.3 is 0 Å². The normalized spacial score (nSPS) is 26.5. The Morgan fingerprint density at radius 3 is 1.71 bits per heavy atom. The fourth-order valence-corrected chi connectivity index (χ4v) is 8.49. The third-order valence-electron chi connectivity index (χ3n) is 2.17. The summed E-state index contributed by atoms with van der Waals surface area (Å²) in [5.74, 6) is 0. The van der Waals surface area contributed by atoms with Crippen molar-refractivity contribution >= 4 is 36.5 Å². The quantitative estimate of drug-likeness (QED) is 0.542. The van der Waals surface area contributed by atoms with E-state index in [1.165, 1.54) is 10.6 Å². The van der Waals surface area contributed by atoms with Gasteiger partial charge in [-0.25, -0.2) is 0 Å². The van der Waals surface area contributed by atoms with E-state index >= 15 is 0 Å². The number of hydrogen-bond acceptors (Lipinski definition) is 4. The number of hydrogen-bond donors (Lipinski definition) is 0. The van der Waals surface area contributed by atoms with E-state index in [0.29, 0.717) is 22.7 Å². The second-order valence-electron chi connectivity index (χ2n) is 4.74. The average Bonchev–Trinajstić information content (AvgIpc) is 2.48. The number of ether oxygens (including phenoxy) is 2. The van der Waals surface area contributed by atoms with Gasteiger partial charge in [-0.2, -0.15) is 0 Å². The Kier molecular flexibility index (Phi) is 8.68. The van der Waals surface area contributed by atoms with Crippen LogP contribution in [0.25, 0.3) is 0 Å².